The Balaban J connectivity index is 1.52. The van der Waals surface area contributed by atoms with Crippen molar-refractivity contribution in [3.8, 4) is 0 Å². The number of morpholine rings is 1. The Morgan fingerprint density at radius 3 is 2.20 bits per heavy atom. The minimum absolute atomic E-state index is 0.105. The average molecular weight is 697 g/mol. The number of anilines is 1. The molecule has 240 valence electrons. The number of halogens is 3. The molecule has 2 N–H and O–H groups in total. The molecule has 3 aliphatic rings. The molecule has 9 nitrogen and oxygen atoms in total. The minimum Gasteiger partial charge on any atom is -0.357 e. The standard InChI is InChI=1S/C31H32Cl2FN3O6S2/c32-22-12-10-20(11-13-22)29-30(21-4-3-5-23(33)16-21)43-28(18-44(35,39)40)31(38)37(29)27(19-8-9-19)17-36(45(41,42)24-14-15-24)26-7-2-1-6-25(26)34/h1-7,10-13,16,19,24,27-30H,8-9,14-15,17-18H2,(H2,35,39,40). The summed E-state index contributed by atoms with van der Waals surface area (Å²) in [5.74, 6) is -2.29. The Kier molecular flexibility index (Phi) is 8.92. The second-order valence-corrected chi connectivity index (χ2v) is 16.5. The summed E-state index contributed by atoms with van der Waals surface area (Å²) in [5, 5.41) is 5.62. The van der Waals surface area contributed by atoms with Gasteiger partial charge in [0.1, 0.15) is 11.9 Å². The van der Waals surface area contributed by atoms with E-state index in [1.54, 1.807) is 59.5 Å². The first-order valence-corrected chi connectivity index (χ1v) is 18.6. The van der Waals surface area contributed by atoms with Crippen LogP contribution in [-0.2, 0) is 29.6 Å². The number of sulfonamides is 2. The maximum Gasteiger partial charge on any atom is 0.253 e. The molecule has 0 spiro atoms. The van der Waals surface area contributed by atoms with Crippen LogP contribution < -0.4 is 9.44 Å². The van der Waals surface area contributed by atoms with E-state index < -0.39 is 67.1 Å². The Morgan fingerprint density at radius 1 is 0.911 bits per heavy atom. The molecule has 4 atom stereocenters. The molecule has 3 aromatic rings. The number of ether oxygens (including phenoxy) is 1. The molecule has 0 radical (unpaired) electrons. The zero-order valence-electron chi connectivity index (χ0n) is 24.0. The van der Waals surface area contributed by atoms with Gasteiger partial charge in [0.05, 0.1) is 35.3 Å². The summed E-state index contributed by atoms with van der Waals surface area (Å²) in [6.07, 6.45) is -0.109. The van der Waals surface area contributed by atoms with Crippen LogP contribution in [0.25, 0.3) is 0 Å². The van der Waals surface area contributed by atoms with Crippen LogP contribution in [0.2, 0.25) is 10.0 Å². The first-order valence-electron chi connectivity index (χ1n) is 14.6. The van der Waals surface area contributed by atoms with Crippen LogP contribution in [0.3, 0.4) is 0 Å². The Labute approximate surface area is 272 Å². The van der Waals surface area contributed by atoms with Crippen molar-refractivity contribution < 1.29 is 30.8 Å². The summed E-state index contributed by atoms with van der Waals surface area (Å²) in [7, 11) is -8.17. The summed E-state index contributed by atoms with van der Waals surface area (Å²) < 4.78 is 75.0. The first-order chi connectivity index (χ1) is 21.3. The Hall–Kier alpha value is -2.74. The smallest absolute Gasteiger partial charge is 0.253 e. The highest BCUT2D eigenvalue weighted by Crippen LogP contribution is 2.48. The van der Waals surface area contributed by atoms with Gasteiger partial charge in [-0.25, -0.2) is 26.4 Å². The highest BCUT2D eigenvalue weighted by Gasteiger charge is 2.52. The largest absolute Gasteiger partial charge is 0.357 e. The fourth-order valence-corrected chi connectivity index (χ4v) is 8.89. The van der Waals surface area contributed by atoms with E-state index in [-0.39, 0.29) is 18.2 Å². The number of nitrogens with two attached hydrogens (primary N) is 1. The molecule has 3 fully saturated rings. The number of carbonyl (C=O) groups excluding carboxylic acids is 1. The van der Waals surface area contributed by atoms with Gasteiger partial charge in [0.15, 0.2) is 6.10 Å². The van der Waals surface area contributed by atoms with Crippen molar-refractivity contribution >= 4 is 54.8 Å². The lowest BCUT2D eigenvalue weighted by molar-refractivity contribution is -0.176. The van der Waals surface area contributed by atoms with Gasteiger partial charge in [-0.1, -0.05) is 59.6 Å². The van der Waals surface area contributed by atoms with Gasteiger partial charge in [0, 0.05) is 10.0 Å². The average Bonchev–Trinajstić information content (AvgIpc) is 3.89. The van der Waals surface area contributed by atoms with Crippen LogP contribution in [0.5, 0.6) is 0 Å². The number of nitrogens with zero attached hydrogens (tertiary/aromatic N) is 2. The van der Waals surface area contributed by atoms with Crippen LogP contribution >= 0.6 is 23.2 Å². The van der Waals surface area contributed by atoms with Crippen molar-refractivity contribution in [2.24, 2.45) is 11.1 Å². The molecular weight excluding hydrogens is 664 g/mol. The van der Waals surface area contributed by atoms with Gasteiger partial charge in [0.25, 0.3) is 5.91 Å². The van der Waals surface area contributed by atoms with E-state index in [1.165, 1.54) is 18.2 Å². The van der Waals surface area contributed by atoms with E-state index in [9.17, 15) is 21.6 Å². The number of rotatable bonds is 11. The normalized spacial score (nSPS) is 23.2. The van der Waals surface area contributed by atoms with E-state index in [0.717, 1.165) is 4.31 Å². The molecule has 2 aliphatic carbocycles. The van der Waals surface area contributed by atoms with Crippen molar-refractivity contribution in [3.63, 3.8) is 0 Å². The highest BCUT2D eigenvalue weighted by molar-refractivity contribution is 7.93. The molecule has 0 aromatic heterocycles. The molecule has 14 heteroatoms. The fraction of sp³-hybridized carbons (Fsp3) is 0.387. The monoisotopic (exact) mass is 695 g/mol. The van der Waals surface area contributed by atoms with Crippen molar-refractivity contribution in [1.29, 1.82) is 0 Å². The third-order valence-electron chi connectivity index (χ3n) is 8.45. The van der Waals surface area contributed by atoms with E-state index in [1.807, 2.05) is 0 Å². The fourth-order valence-electron chi connectivity index (χ4n) is 6.04. The molecule has 1 saturated heterocycles. The van der Waals surface area contributed by atoms with Crippen molar-refractivity contribution in [3.05, 3.63) is 99.8 Å². The highest BCUT2D eigenvalue weighted by atomic mass is 35.5. The molecule has 0 bridgehead atoms. The zero-order chi connectivity index (χ0) is 32.1. The number of primary sulfonamides is 1. The zero-order valence-corrected chi connectivity index (χ0v) is 27.2. The Bertz CT molecular complexity index is 1800. The second kappa shape index (κ2) is 12.5. The predicted molar refractivity (Wildman–Crippen MR) is 170 cm³/mol. The van der Waals surface area contributed by atoms with Gasteiger partial charge in [-0.2, -0.15) is 0 Å². The molecule has 2 saturated carbocycles. The number of hydrogen-bond acceptors (Lipinski definition) is 6. The number of para-hydroxylation sites is 1. The van der Waals surface area contributed by atoms with Crippen LogP contribution in [-0.4, -0.2) is 57.3 Å². The van der Waals surface area contributed by atoms with Gasteiger partial charge in [0.2, 0.25) is 20.0 Å². The van der Waals surface area contributed by atoms with Crippen molar-refractivity contribution in [2.45, 2.75) is 55.2 Å². The van der Waals surface area contributed by atoms with E-state index in [0.29, 0.717) is 46.9 Å². The summed E-state index contributed by atoms with van der Waals surface area (Å²) >= 11 is 12.6. The third kappa shape index (κ3) is 7.01. The maximum atomic E-state index is 15.3. The van der Waals surface area contributed by atoms with Gasteiger partial charge in [-0.15, -0.1) is 0 Å². The predicted octanol–water partition coefficient (Wildman–Crippen LogP) is 5.21. The van der Waals surface area contributed by atoms with Gasteiger partial charge >= 0.3 is 0 Å². The first kappa shape index (κ1) is 32.2. The lowest BCUT2D eigenvalue weighted by Gasteiger charge is -2.49. The van der Waals surface area contributed by atoms with E-state index in [4.69, 9.17) is 33.1 Å². The topological polar surface area (TPSA) is 127 Å². The van der Waals surface area contributed by atoms with Crippen molar-refractivity contribution in [2.75, 3.05) is 16.6 Å². The molecule has 1 heterocycles. The molecule has 6 rings (SSSR count). The van der Waals surface area contributed by atoms with Crippen LogP contribution in [0.15, 0.2) is 72.8 Å². The molecule has 45 heavy (non-hydrogen) atoms. The maximum absolute atomic E-state index is 15.3. The molecule has 4 unspecified atom stereocenters. The summed E-state index contributed by atoms with van der Waals surface area (Å²) in [5.41, 5.74) is 1.09. The molecular formula is C31H32Cl2FN3O6S2. The van der Waals surface area contributed by atoms with Crippen LogP contribution in [0.4, 0.5) is 10.1 Å². The second-order valence-electron chi connectivity index (χ2n) is 11.8. The number of amides is 1. The van der Waals surface area contributed by atoms with Crippen LogP contribution in [0, 0.1) is 11.7 Å². The van der Waals surface area contributed by atoms with Crippen molar-refractivity contribution in [1.82, 2.24) is 4.90 Å². The lowest BCUT2D eigenvalue weighted by atomic mass is 9.89. The minimum atomic E-state index is -4.18. The summed E-state index contributed by atoms with van der Waals surface area (Å²) in [6, 6.07) is 17.7. The molecule has 3 aromatic carbocycles. The number of benzene rings is 3. The van der Waals surface area contributed by atoms with Gasteiger partial charge in [-0.3, -0.25) is 9.10 Å². The van der Waals surface area contributed by atoms with Crippen LogP contribution in [0.1, 0.15) is 49.0 Å². The quantitative estimate of drug-likeness (QED) is 0.294. The Morgan fingerprint density at radius 2 is 1.60 bits per heavy atom. The summed E-state index contributed by atoms with van der Waals surface area (Å²) in [6.45, 7) is -0.232. The molecule has 1 amide bonds. The lowest BCUT2D eigenvalue weighted by Crippen LogP contribution is -2.60. The number of carbonyl (C=O) groups is 1. The van der Waals surface area contributed by atoms with E-state index >= 15 is 4.39 Å². The van der Waals surface area contributed by atoms with E-state index in [2.05, 4.69) is 0 Å². The summed E-state index contributed by atoms with van der Waals surface area (Å²) in [4.78, 5) is 16.0. The molecule has 1 aliphatic heterocycles. The van der Waals surface area contributed by atoms with Gasteiger partial charge in [-0.05, 0) is 79.1 Å². The SMILES string of the molecule is NS(=O)(=O)CC1OC(c2cccc(Cl)c2)C(c2ccc(Cl)cc2)N(C(CN(c2ccccc2F)S(=O)(=O)C2CC2)C2CC2)C1=O. The number of hydrogen-bond donors (Lipinski definition) is 1. The third-order valence-corrected chi connectivity index (χ3v) is 12.0. The van der Waals surface area contributed by atoms with Gasteiger partial charge < -0.3 is 9.64 Å².